The minimum atomic E-state index is -0.300. The fourth-order valence-electron chi connectivity index (χ4n) is 2.71. The zero-order valence-corrected chi connectivity index (χ0v) is 14.4. The second-order valence-corrected chi connectivity index (χ2v) is 6.33. The van der Waals surface area contributed by atoms with E-state index in [2.05, 4.69) is 16.2 Å². The maximum absolute atomic E-state index is 13.1. The van der Waals surface area contributed by atoms with Crippen LogP contribution in [0.5, 0.6) is 0 Å². The molecule has 1 aliphatic heterocycles. The highest BCUT2D eigenvalue weighted by molar-refractivity contribution is 7.08. The van der Waals surface area contributed by atoms with Gasteiger partial charge in [-0.05, 0) is 35.7 Å². The summed E-state index contributed by atoms with van der Waals surface area (Å²) in [6.07, 6.45) is 1.69. The number of urea groups is 1. The van der Waals surface area contributed by atoms with Crippen LogP contribution in [0.1, 0.15) is 11.3 Å². The Morgan fingerprint density at radius 1 is 1.12 bits per heavy atom. The highest BCUT2D eigenvalue weighted by Gasteiger charge is 2.32. The van der Waals surface area contributed by atoms with E-state index in [-0.39, 0.29) is 6.03 Å². The average molecular weight is 359 g/mol. The van der Waals surface area contributed by atoms with Crippen molar-refractivity contribution in [3.63, 3.8) is 0 Å². The smallest absolute Gasteiger partial charge is 0.286 e. The molecule has 0 N–H and O–H groups in total. The van der Waals surface area contributed by atoms with Gasteiger partial charge < -0.3 is 0 Å². The Labute approximate surface area is 154 Å². The second-order valence-electron chi connectivity index (χ2n) is 5.55. The minimum absolute atomic E-state index is 0.300. The van der Waals surface area contributed by atoms with Crippen LogP contribution in [0, 0.1) is 11.3 Å². The van der Waals surface area contributed by atoms with Crippen molar-refractivity contribution in [2.75, 3.05) is 16.5 Å². The van der Waals surface area contributed by atoms with Crippen molar-refractivity contribution in [2.24, 2.45) is 5.10 Å². The monoisotopic (exact) mass is 359 g/mol. The highest BCUT2D eigenvalue weighted by atomic mass is 32.1. The molecule has 0 radical (unpaired) electrons. The number of hydrogen-bond donors (Lipinski definition) is 0. The molecule has 7 heteroatoms. The molecule has 0 aliphatic carbocycles. The van der Waals surface area contributed by atoms with Crippen LogP contribution in [0.15, 0.2) is 70.6 Å². The van der Waals surface area contributed by atoms with Crippen LogP contribution in [0.2, 0.25) is 0 Å². The molecule has 0 spiro atoms. The van der Waals surface area contributed by atoms with Crippen molar-refractivity contribution in [1.29, 1.82) is 5.26 Å². The second kappa shape index (κ2) is 6.78. The third kappa shape index (κ3) is 2.83. The van der Waals surface area contributed by atoms with E-state index in [0.717, 1.165) is 5.69 Å². The Morgan fingerprint density at radius 2 is 1.96 bits per heavy atom. The van der Waals surface area contributed by atoms with Crippen molar-refractivity contribution < 1.29 is 4.79 Å². The zero-order chi connectivity index (χ0) is 17.9. The van der Waals surface area contributed by atoms with Gasteiger partial charge in [-0.2, -0.15) is 26.7 Å². The van der Waals surface area contributed by atoms with Crippen LogP contribution in [-0.4, -0.2) is 23.3 Å². The van der Waals surface area contributed by atoms with Crippen LogP contribution in [0.25, 0.3) is 0 Å². The van der Waals surface area contributed by atoms with Crippen molar-refractivity contribution in [2.45, 2.75) is 0 Å². The van der Waals surface area contributed by atoms with Crippen LogP contribution in [0.3, 0.4) is 0 Å². The Morgan fingerprint density at radius 3 is 2.69 bits per heavy atom. The van der Waals surface area contributed by atoms with Crippen LogP contribution in [0.4, 0.5) is 16.2 Å². The van der Waals surface area contributed by atoms with E-state index in [1.165, 1.54) is 16.3 Å². The number of anilines is 2. The molecule has 26 heavy (non-hydrogen) atoms. The third-order valence-corrected chi connectivity index (χ3v) is 4.64. The number of nitriles is 1. The lowest BCUT2D eigenvalue weighted by molar-refractivity contribution is 0.251. The molecule has 126 valence electrons. The average Bonchev–Trinajstić information content (AvgIpc) is 3.23. The fourth-order valence-corrected chi connectivity index (χ4v) is 3.36. The van der Waals surface area contributed by atoms with Crippen LogP contribution < -0.4 is 9.91 Å². The van der Waals surface area contributed by atoms with Gasteiger partial charge in [-0.1, -0.05) is 18.2 Å². The van der Waals surface area contributed by atoms with Gasteiger partial charge in [-0.3, -0.25) is 9.88 Å². The maximum Gasteiger partial charge on any atom is 0.350 e. The summed E-state index contributed by atoms with van der Waals surface area (Å²) in [5, 5.41) is 19.0. The molecule has 0 saturated carbocycles. The van der Waals surface area contributed by atoms with Gasteiger partial charge in [0.1, 0.15) is 11.8 Å². The number of thiophene rings is 1. The van der Waals surface area contributed by atoms with E-state index in [0.29, 0.717) is 29.2 Å². The Bertz CT molecular complexity index is 1010. The van der Waals surface area contributed by atoms with Crippen LogP contribution in [-0.2, 0) is 0 Å². The lowest BCUT2D eigenvalue weighted by Gasteiger charge is -2.32. The molecule has 1 aromatic carbocycles. The van der Waals surface area contributed by atoms with Gasteiger partial charge >= 0.3 is 6.03 Å². The highest BCUT2D eigenvalue weighted by Crippen LogP contribution is 2.28. The summed E-state index contributed by atoms with van der Waals surface area (Å²) >= 11 is 1.52. The summed E-state index contributed by atoms with van der Waals surface area (Å²) in [6, 6.07) is 16.2. The largest absolute Gasteiger partial charge is 0.350 e. The Balaban J connectivity index is 1.85. The Hall–Kier alpha value is -3.50. The van der Waals surface area contributed by atoms with Gasteiger partial charge in [0.05, 0.1) is 29.2 Å². The molecule has 0 bridgehead atoms. The van der Waals surface area contributed by atoms with Crippen molar-refractivity contribution >= 4 is 34.5 Å². The number of aromatic nitrogens is 1. The lowest BCUT2D eigenvalue weighted by atomic mass is 10.1. The number of carbonyl (C=O) groups excluding carboxylic acids is 1. The van der Waals surface area contributed by atoms with Crippen molar-refractivity contribution in [1.82, 2.24) is 4.98 Å². The number of rotatable bonds is 3. The predicted molar refractivity (Wildman–Crippen MR) is 101 cm³/mol. The number of hydrazone groups is 1. The number of benzene rings is 1. The molecule has 1 aliphatic rings. The first-order valence-corrected chi connectivity index (χ1v) is 8.84. The predicted octanol–water partition coefficient (Wildman–Crippen LogP) is 3.87. The fraction of sp³-hybridized carbons (Fsp3) is 0.0526. The number of hydrogen-bond acceptors (Lipinski definition) is 5. The molecule has 4 rings (SSSR count). The summed E-state index contributed by atoms with van der Waals surface area (Å²) in [5.41, 5.74) is 2.98. The minimum Gasteiger partial charge on any atom is -0.286 e. The first kappa shape index (κ1) is 16.0. The first-order chi connectivity index (χ1) is 12.8. The van der Waals surface area contributed by atoms with Gasteiger partial charge in [-0.25, -0.2) is 4.79 Å². The van der Waals surface area contributed by atoms with E-state index >= 15 is 0 Å². The van der Waals surface area contributed by atoms with E-state index in [1.54, 1.807) is 35.4 Å². The number of nitrogens with zero attached hydrogens (tertiary/aromatic N) is 5. The maximum atomic E-state index is 13.1. The quantitative estimate of drug-likeness (QED) is 0.713. The molecule has 3 aromatic rings. The lowest BCUT2D eigenvalue weighted by Crippen LogP contribution is -2.49. The normalized spacial score (nSPS) is 14.1. The molecule has 0 atom stereocenters. The van der Waals surface area contributed by atoms with Gasteiger partial charge in [0.2, 0.25) is 0 Å². The van der Waals surface area contributed by atoms with Crippen molar-refractivity contribution in [3.8, 4) is 6.07 Å². The molecule has 0 unspecified atom stereocenters. The third-order valence-electron chi connectivity index (χ3n) is 3.97. The zero-order valence-electron chi connectivity index (χ0n) is 13.6. The van der Waals surface area contributed by atoms with E-state index in [9.17, 15) is 10.1 Å². The van der Waals surface area contributed by atoms with Crippen LogP contribution >= 0.6 is 11.3 Å². The molecule has 2 aromatic heterocycles. The SMILES string of the molecule is N#Cc1ccccc1N1N=C(c2ccccn2)CN(c2ccsc2)C1=O. The molecule has 0 fully saturated rings. The van der Waals surface area contributed by atoms with Gasteiger partial charge in [0.25, 0.3) is 0 Å². The van der Waals surface area contributed by atoms with E-state index < -0.39 is 0 Å². The molecular weight excluding hydrogens is 346 g/mol. The summed E-state index contributed by atoms with van der Waals surface area (Å²) in [7, 11) is 0. The van der Waals surface area contributed by atoms with E-state index in [1.807, 2.05) is 35.0 Å². The van der Waals surface area contributed by atoms with E-state index in [4.69, 9.17) is 0 Å². The molecular formula is C19H13N5OS. The van der Waals surface area contributed by atoms with Crippen molar-refractivity contribution in [3.05, 3.63) is 76.7 Å². The number of amides is 2. The van der Waals surface area contributed by atoms with Gasteiger partial charge in [0.15, 0.2) is 0 Å². The molecule has 3 heterocycles. The molecule has 0 saturated heterocycles. The number of para-hydroxylation sites is 1. The summed E-state index contributed by atoms with van der Waals surface area (Å²) in [5.74, 6) is 0. The molecule has 6 nitrogen and oxygen atoms in total. The summed E-state index contributed by atoms with van der Waals surface area (Å²) in [6.45, 7) is 0.317. The topological polar surface area (TPSA) is 72.6 Å². The number of pyridine rings is 1. The molecule has 2 amide bonds. The summed E-state index contributed by atoms with van der Waals surface area (Å²) in [4.78, 5) is 19.1. The first-order valence-electron chi connectivity index (χ1n) is 7.90. The number of carbonyl (C=O) groups is 1. The summed E-state index contributed by atoms with van der Waals surface area (Å²) < 4.78 is 0. The van der Waals surface area contributed by atoms with Gasteiger partial charge in [-0.15, -0.1) is 0 Å². The standard InChI is InChI=1S/C19H13N5OS/c20-11-14-5-1-2-7-18(14)24-19(25)23(15-8-10-26-13-15)12-17(22-24)16-6-3-4-9-21-16/h1-10,13H,12H2. The Kier molecular flexibility index (Phi) is 4.17. The van der Waals surface area contributed by atoms with Gasteiger partial charge in [0, 0.05) is 11.6 Å².